The van der Waals surface area contributed by atoms with E-state index in [1.54, 1.807) is 11.3 Å². The van der Waals surface area contributed by atoms with Gasteiger partial charge in [-0.2, -0.15) is 0 Å². The van der Waals surface area contributed by atoms with Gasteiger partial charge in [0.05, 0.1) is 16.8 Å². The van der Waals surface area contributed by atoms with Crippen molar-refractivity contribution in [3.8, 4) is 0 Å². The van der Waals surface area contributed by atoms with Crippen molar-refractivity contribution in [2.75, 3.05) is 7.05 Å². The Bertz CT molecular complexity index is 706. The van der Waals surface area contributed by atoms with Gasteiger partial charge in [-0.1, -0.05) is 18.6 Å². The lowest BCUT2D eigenvalue weighted by Gasteiger charge is -2.44. The summed E-state index contributed by atoms with van der Waals surface area (Å²) in [7, 11) is 1.92. The van der Waals surface area contributed by atoms with Crippen LogP contribution in [0.5, 0.6) is 0 Å². The van der Waals surface area contributed by atoms with Crippen molar-refractivity contribution in [2.45, 2.75) is 44.7 Å². The quantitative estimate of drug-likeness (QED) is 0.814. The first-order valence-corrected chi connectivity index (χ1v) is 9.78. The minimum Gasteiger partial charge on any atom is -0.339 e. The molecule has 1 aromatic carbocycles. The predicted molar refractivity (Wildman–Crippen MR) is 112 cm³/mol. The van der Waals surface area contributed by atoms with E-state index in [1.807, 2.05) is 30.1 Å². The highest BCUT2D eigenvalue weighted by atomic mass is 35.5. The highest BCUT2D eigenvalue weighted by molar-refractivity contribution is 7.18. The van der Waals surface area contributed by atoms with Crippen molar-refractivity contribution < 1.29 is 4.79 Å². The number of aromatic nitrogens is 1. The second-order valence-corrected chi connectivity index (χ2v) is 8.58. The minimum atomic E-state index is 0. The van der Waals surface area contributed by atoms with Gasteiger partial charge in [-0.05, 0) is 49.7 Å². The normalized spacial score (nSPS) is 27.3. The van der Waals surface area contributed by atoms with E-state index in [2.05, 4.69) is 11.1 Å². The standard InChI is InChI=1S/C19H25N3OS.2ClH/c1-22(11-17-21-15-7-2-3-8-16(15)24-17)19(23)14-9-12-5-4-6-13(10-14)18(12)20;;/h2-3,7-8,12-14,18H,4-6,9-11,20H2,1H3;2*1H. The van der Waals surface area contributed by atoms with E-state index >= 15 is 0 Å². The van der Waals surface area contributed by atoms with Crippen LogP contribution in [0.25, 0.3) is 10.2 Å². The summed E-state index contributed by atoms with van der Waals surface area (Å²) in [5.74, 6) is 1.52. The number of halogens is 2. The fraction of sp³-hybridized carbons (Fsp3) is 0.579. The van der Waals surface area contributed by atoms with Gasteiger partial charge >= 0.3 is 0 Å². The number of para-hydroxylation sites is 1. The summed E-state index contributed by atoms with van der Waals surface area (Å²) in [6.45, 7) is 0.607. The molecule has 26 heavy (non-hydrogen) atoms. The molecule has 1 amide bonds. The summed E-state index contributed by atoms with van der Waals surface area (Å²) < 4.78 is 1.19. The maximum atomic E-state index is 12.9. The van der Waals surface area contributed by atoms with Crippen LogP contribution in [0.4, 0.5) is 0 Å². The Hall–Kier alpha value is -0.880. The Labute approximate surface area is 171 Å². The van der Waals surface area contributed by atoms with Gasteiger partial charge in [0.25, 0.3) is 0 Å². The van der Waals surface area contributed by atoms with Gasteiger partial charge in [-0.15, -0.1) is 36.2 Å². The Balaban J connectivity index is 0.00000121. The Morgan fingerprint density at radius 2 is 1.88 bits per heavy atom. The second-order valence-electron chi connectivity index (χ2n) is 7.47. The molecule has 1 aromatic heterocycles. The Morgan fingerprint density at radius 3 is 2.54 bits per heavy atom. The number of carbonyl (C=O) groups excluding carboxylic acids is 1. The SMILES string of the molecule is CN(Cc1nc2ccccc2s1)C(=O)C1CC2CCCC(C1)C2N.Cl.Cl. The number of amides is 1. The monoisotopic (exact) mass is 415 g/mol. The van der Waals surface area contributed by atoms with Crippen molar-refractivity contribution in [1.82, 2.24) is 9.88 Å². The summed E-state index contributed by atoms with van der Waals surface area (Å²) in [6.07, 6.45) is 5.62. The molecule has 0 radical (unpaired) electrons. The lowest BCUT2D eigenvalue weighted by molar-refractivity contribution is -0.137. The van der Waals surface area contributed by atoms with Crippen LogP contribution in [-0.4, -0.2) is 28.9 Å². The fourth-order valence-electron chi connectivity index (χ4n) is 4.57. The summed E-state index contributed by atoms with van der Waals surface area (Å²) in [6, 6.07) is 8.47. The van der Waals surface area contributed by atoms with Crippen LogP contribution in [0, 0.1) is 17.8 Å². The molecule has 4 rings (SSSR count). The predicted octanol–water partition coefficient (Wildman–Crippen LogP) is 4.25. The van der Waals surface area contributed by atoms with Crippen molar-refractivity contribution in [3.05, 3.63) is 29.3 Å². The molecule has 2 N–H and O–H groups in total. The van der Waals surface area contributed by atoms with E-state index in [0.29, 0.717) is 24.4 Å². The van der Waals surface area contributed by atoms with E-state index < -0.39 is 0 Å². The zero-order chi connectivity index (χ0) is 16.7. The molecule has 2 aliphatic carbocycles. The zero-order valence-corrected chi connectivity index (χ0v) is 17.4. The summed E-state index contributed by atoms with van der Waals surface area (Å²) in [5.41, 5.74) is 7.38. The van der Waals surface area contributed by atoms with Crippen LogP contribution in [0.3, 0.4) is 0 Å². The first kappa shape index (κ1) is 21.4. The third kappa shape index (κ3) is 4.16. The molecule has 2 fully saturated rings. The van der Waals surface area contributed by atoms with E-state index in [9.17, 15) is 4.79 Å². The number of rotatable bonds is 3. The number of nitrogens with two attached hydrogens (primary N) is 1. The molecule has 7 heteroatoms. The van der Waals surface area contributed by atoms with Gasteiger partial charge in [0.1, 0.15) is 5.01 Å². The molecule has 2 aliphatic rings. The van der Waals surface area contributed by atoms with E-state index in [4.69, 9.17) is 5.73 Å². The lowest BCUT2D eigenvalue weighted by Crippen LogP contribution is -2.49. The highest BCUT2D eigenvalue weighted by Crippen LogP contribution is 2.42. The molecule has 0 saturated heterocycles. The van der Waals surface area contributed by atoms with E-state index in [0.717, 1.165) is 23.4 Å². The van der Waals surface area contributed by atoms with Crippen molar-refractivity contribution in [2.24, 2.45) is 23.5 Å². The average molecular weight is 416 g/mol. The number of benzene rings is 1. The van der Waals surface area contributed by atoms with Crippen LogP contribution in [0.2, 0.25) is 0 Å². The molecule has 1 heterocycles. The number of nitrogens with zero attached hydrogens (tertiary/aromatic N) is 2. The lowest BCUT2D eigenvalue weighted by atomic mass is 9.65. The van der Waals surface area contributed by atoms with Crippen LogP contribution in [0.1, 0.15) is 37.1 Å². The minimum absolute atomic E-state index is 0. The summed E-state index contributed by atoms with van der Waals surface area (Å²) in [4.78, 5) is 19.4. The van der Waals surface area contributed by atoms with Gasteiger partial charge in [-0.25, -0.2) is 4.98 Å². The number of thiazole rings is 1. The summed E-state index contributed by atoms with van der Waals surface area (Å²) in [5, 5.41) is 1.01. The van der Waals surface area contributed by atoms with Crippen molar-refractivity contribution in [3.63, 3.8) is 0 Å². The first-order valence-electron chi connectivity index (χ1n) is 8.97. The number of hydrogen-bond acceptors (Lipinski definition) is 4. The number of fused-ring (bicyclic) bond motifs is 3. The molecule has 0 aliphatic heterocycles. The molecular formula is C19H27Cl2N3OS. The topological polar surface area (TPSA) is 59.2 Å². The third-order valence-electron chi connectivity index (χ3n) is 5.85. The molecule has 2 bridgehead atoms. The first-order chi connectivity index (χ1) is 11.6. The van der Waals surface area contributed by atoms with Crippen LogP contribution >= 0.6 is 36.2 Å². The molecule has 2 atom stereocenters. The highest BCUT2D eigenvalue weighted by Gasteiger charge is 2.41. The van der Waals surface area contributed by atoms with Gasteiger partial charge < -0.3 is 10.6 Å². The van der Waals surface area contributed by atoms with Crippen LogP contribution in [-0.2, 0) is 11.3 Å². The maximum Gasteiger partial charge on any atom is 0.225 e. The summed E-state index contributed by atoms with van der Waals surface area (Å²) >= 11 is 1.68. The van der Waals surface area contributed by atoms with Gasteiger partial charge in [-0.3, -0.25) is 4.79 Å². The van der Waals surface area contributed by atoms with E-state index in [-0.39, 0.29) is 36.6 Å². The second kappa shape index (κ2) is 8.87. The van der Waals surface area contributed by atoms with Gasteiger partial charge in [0.15, 0.2) is 0 Å². The maximum absolute atomic E-state index is 12.9. The Morgan fingerprint density at radius 1 is 1.23 bits per heavy atom. The van der Waals surface area contributed by atoms with E-state index in [1.165, 1.54) is 24.0 Å². The van der Waals surface area contributed by atoms with Gasteiger partial charge in [0.2, 0.25) is 5.91 Å². The van der Waals surface area contributed by atoms with Crippen molar-refractivity contribution in [1.29, 1.82) is 0 Å². The zero-order valence-electron chi connectivity index (χ0n) is 15.0. The fourth-order valence-corrected chi connectivity index (χ4v) is 5.59. The van der Waals surface area contributed by atoms with Crippen molar-refractivity contribution >= 4 is 52.3 Å². The third-order valence-corrected chi connectivity index (χ3v) is 6.87. The molecule has 4 nitrogen and oxygen atoms in total. The van der Waals surface area contributed by atoms with Crippen LogP contribution < -0.4 is 5.73 Å². The molecule has 2 unspecified atom stereocenters. The largest absolute Gasteiger partial charge is 0.339 e. The molecular weight excluding hydrogens is 389 g/mol. The number of carbonyl (C=O) groups is 1. The average Bonchev–Trinajstić information content (AvgIpc) is 2.96. The molecule has 144 valence electrons. The molecule has 2 saturated carbocycles. The number of hydrogen-bond donors (Lipinski definition) is 1. The molecule has 0 spiro atoms. The van der Waals surface area contributed by atoms with Gasteiger partial charge in [0, 0.05) is 19.0 Å². The Kier molecular flexibility index (Phi) is 7.31. The smallest absolute Gasteiger partial charge is 0.225 e. The van der Waals surface area contributed by atoms with Crippen LogP contribution in [0.15, 0.2) is 24.3 Å². The molecule has 2 aromatic rings.